The third-order valence-corrected chi connectivity index (χ3v) is 4.61. The molecule has 0 aliphatic heterocycles. The minimum Gasteiger partial charge on any atom is -0.385 e. The van der Waals surface area contributed by atoms with E-state index in [-0.39, 0.29) is 34.7 Å². The standard InChI is InChI=1S/C13H14N4O5S2/c1-9-2-4-10(5-3-9)24(20,21)22-7-6-16-11(17(18)19)8-15-13(16)12(14)23/h2-5,8H,6-7H2,1H3,(H2,14,23). The normalized spacial score (nSPS) is 11.4. The van der Waals surface area contributed by atoms with Crippen LogP contribution in [0.15, 0.2) is 35.4 Å². The maximum absolute atomic E-state index is 12.1. The van der Waals surface area contributed by atoms with Crippen LogP contribution in [0.4, 0.5) is 5.82 Å². The van der Waals surface area contributed by atoms with E-state index >= 15 is 0 Å². The summed E-state index contributed by atoms with van der Waals surface area (Å²) in [7, 11) is -3.96. The zero-order chi connectivity index (χ0) is 17.9. The Kier molecular flexibility index (Phi) is 5.26. The summed E-state index contributed by atoms with van der Waals surface area (Å²) in [6.45, 7) is 1.35. The van der Waals surface area contributed by atoms with Gasteiger partial charge in [0.25, 0.3) is 15.9 Å². The predicted molar refractivity (Wildman–Crippen MR) is 89.1 cm³/mol. The van der Waals surface area contributed by atoms with Gasteiger partial charge in [0.2, 0.25) is 0 Å². The summed E-state index contributed by atoms with van der Waals surface area (Å²) in [6, 6.07) is 6.12. The summed E-state index contributed by atoms with van der Waals surface area (Å²) in [6.07, 6.45) is 1.00. The highest BCUT2D eigenvalue weighted by Gasteiger charge is 2.23. The first-order chi connectivity index (χ1) is 11.2. The lowest BCUT2D eigenvalue weighted by Gasteiger charge is -2.07. The van der Waals surface area contributed by atoms with Crippen molar-refractivity contribution in [3.05, 3.63) is 52.0 Å². The van der Waals surface area contributed by atoms with Gasteiger partial charge in [0.15, 0.2) is 4.99 Å². The van der Waals surface area contributed by atoms with E-state index < -0.39 is 15.0 Å². The summed E-state index contributed by atoms with van der Waals surface area (Å²) < 4.78 is 30.2. The molecule has 0 saturated carbocycles. The fourth-order valence-corrected chi connectivity index (χ4v) is 3.00. The lowest BCUT2D eigenvalue weighted by atomic mass is 10.2. The van der Waals surface area contributed by atoms with Crippen LogP contribution in [-0.2, 0) is 20.8 Å². The number of hydrogen-bond donors (Lipinski definition) is 1. The Balaban J connectivity index is 2.14. The number of hydrogen-bond acceptors (Lipinski definition) is 7. The number of rotatable bonds is 7. The zero-order valence-corrected chi connectivity index (χ0v) is 14.2. The van der Waals surface area contributed by atoms with Crippen LogP contribution in [0.1, 0.15) is 11.4 Å². The van der Waals surface area contributed by atoms with E-state index in [1.165, 1.54) is 12.1 Å². The molecule has 2 N–H and O–H groups in total. The summed E-state index contributed by atoms with van der Waals surface area (Å²) >= 11 is 4.77. The molecule has 0 radical (unpaired) electrons. The minimum atomic E-state index is -3.96. The third-order valence-electron chi connectivity index (χ3n) is 3.11. The molecule has 0 bridgehead atoms. The highest BCUT2D eigenvalue weighted by atomic mass is 32.2. The van der Waals surface area contributed by atoms with Gasteiger partial charge in [0, 0.05) is 0 Å². The van der Waals surface area contributed by atoms with E-state index in [9.17, 15) is 18.5 Å². The Morgan fingerprint density at radius 1 is 1.42 bits per heavy atom. The van der Waals surface area contributed by atoms with E-state index in [0.717, 1.165) is 16.3 Å². The molecular formula is C13H14N4O5S2. The minimum absolute atomic E-state index is 0.00259. The molecule has 0 amide bonds. The van der Waals surface area contributed by atoms with Crippen LogP contribution in [0.3, 0.4) is 0 Å². The highest BCUT2D eigenvalue weighted by molar-refractivity contribution is 7.86. The van der Waals surface area contributed by atoms with E-state index in [1.54, 1.807) is 12.1 Å². The molecule has 1 aromatic heterocycles. The molecule has 24 heavy (non-hydrogen) atoms. The lowest BCUT2D eigenvalue weighted by molar-refractivity contribution is -0.392. The Labute approximate surface area is 143 Å². The molecule has 0 unspecified atom stereocenters. The van der Waals surface area contributed by atoms with Gasteiger partial charge in [-0.3, -0.25) is 4.18 Å². The number of aryl methyl sites for hydroxylation is 1. The predicted octanol–water partition coefficient (Wildman–Crippen LogP) is 1.14. The molecule has 0 aliphatic rings. The van der Waals surface area contributed by atoms with Gasteiger partial charge in [0.1, 0.15) is 19.3 Å². The number of aromatic nitrogens is 2. The van der Waals surface area contributed by atoms with Crippen molar-refractivity contribution in [3.63, 3.8) is 0 Å². The van der Waals surface area contributed by atoms with Crippen LogP contribution < -0.4 is 5.73 Å². The number of thiocarbonyl (C=S) groups is 1. The van der Waals surface area contributed by atoms with Gasteiger partial charge in [-0.2, -0.15) is 8.42 Å². The molecule has 0 spiro atoms. The first kappa shape index (κ1) is 18.0. The molecule has 1 aromatic carbocycles. The van der Waals surface area contributed by atoms with Crippen LogP contribution in [-0.4, -0.2) is 34.5 Å². The van der Waals surface area contributed by atoms with Crippen molar-refractivity contribution < 1.29 is 17.5 Å². The second-order valence-electron chi connectivity index (χ2n) is 4.80. The van der Waals surface area contributed by atoms with Crippen LogP contribution in [0, 0.1) is 17.0 Å². The lowest BCUT2D eigenvalue weighted by Crippen LogP contribution is -2.20. The van der Waals surface area contributed by atoms with Crippen LogP contribution in [0.25, 0.3) is 0 Å². The zero-order valence-electron chi connectivity index (χ0n) is 12.6. The first-order valence-corrected chi connectivity index (χ1v) is 8.50. The van der Waals surface area contributed by atoms with E-state index in [4.69, 9.17) is 22.1 Å². The van der Waals surface area contributed by atoms with Crippen molar-refractivity contribution in [2.45, 2.75) is 18.4 Å². The second-order valence-corrected chi connectivity index (χ2v) is 6.86. The van der Waals surface area contributed by atoms with Crippen molar-refractivity contribution in [1.82, 2.24) is 9.55 Å². The molecule has 0 atom stereocenters. The van der Waals surface area contributed by atoms with Crippen LogP contribution >= 0.6 is 12.2 Å². The summed E-state index contributed by atoms with van der Waals surface area (Å²) in [5.41, 5.74) is 6.36. The maximum atomic E-state index is 12.1. The maximum Gasteiger partial charge on any atom is 0.343 e. The Morgan fingerprint density at radius 2 is 2.04 bits per heavy atom. The molecule has 2 rings (SSSR count). The topological polar surface area (TPSA) is 130 Å². The van der Waals surface area contributed by atoms with Gasteiger partial charge in [-0.25, -0.2) is 9.55 Å². The molecule has 1 heterocycles. The first-order valence-electron chi connectivity index (χ1n) is 6.68. The van der Waals surface area contributed by atoms with E-state index in [0.29, 0.717) is 0 Å². The fourth-order valence-electron chi connectivity index (χ4n) is 1.94. The Bertz CT molecular complexity index is 843. The molecule has 0 fully saturated rings. The van der Waals surface area contributed by atoms with E-state index in [1.807, 2.05) is 6.92 Å². The van der Waals surface area contributed by atoms with Gasteiger partial charge in [-0.05, 0) is 24.0 Å². The van der Waals surface area contributed by atoms with E-state index in [2.05, 4.69) is 4.98 Å². The van der Waals surface area contributed by atoms with Crippen molar-refractivity contribution in [1.29, 1.82) is 0 Å². The number of imidazole rings is 1. The summed E-state index contributed by atoms with van der Waals surface area (Å²) in [5.74, 6) is -0.331. The highest BCUT2D eigenvalue weighted by Crippen LogP contribution is 2.16. The van der Waals surface area contributed by atoms with Crippen molar-refractivity contribution in [2.75, 3.05) is 6.61 Å². The average Bonchev–Trinajstić information content (AvgIpc) is 2.92. The molecule has 0 aliphatic carbocycles. The Hall–Kier alpha value is -2.37. The second kappa shape index (κ2) is 7.03. The SMILES string of the molecule is Cc1ccc(S(=O)(=O)OCCn2c([N+](=O)[O-])cnc2C(N)=S)cc1. The molecule has 11 heteroatoms. The quantitative estimate of drug-likeness (QED) is 0.332. The summed E-state index contributed by atoms with van der Waals surface area (Å²) in [5, 5.41) is 11.0. The van der Waals surface area contributed by atoms with Gasteiger partial charge in [-0.1, -0.05) is 29.9 Å². The van der Waals surface area contributed by atoms with Crippen molar-refractivity contribution >= 4 is 33.1 Å². The smallest absolute Gasteiger partial charge is 0.343 e. The largest absolute Gasteiger partial charge is 0.385 e. The average molecular weight is 370 g/mol. The number of nitrogens with two attached hydrogens (primary N) is 1. The van der Waals surface area contributed by atoms with Crippen molar-refractivity contribution in [2.24, 2.45) is 5.73 Å². The molecule has 2 aromatic rings. The van der Waals surface area contributed by atoms with Gasteiger partial charge in [0.05, 0.1) is 4.90 Å². The number of benzene rings is 1. The number of nitrogens with zero attached hydrogens (tertiary/aromatic N) is 3. The molecule has 128 valence electrons. The monoisotopic (exact) mass is 370 g/mol. The fraction of sp³-hybridized carbons (Fsp3) is 0.231. The number of nitro groups is 1. The summed E-state index contributed by atoms with van der Waals surface area (Å²) in [4.78, 5) is 13.9. The third kappa shape index (κ3) is 3.93. The molecule has 0 saturated heterocycles. The van der Waals surface area contributed by atoms with Gasteiger partial charge < -0.3 is 15.8 Å². The van der Waals surface area contributed by atoms with Crippen molar-refractivity contribution in [3.8, 4) is 0 Å². The van der Waals surface area contributed by atoms with Gasteiger partial charge >= 0.3 is 5.82 Å². The van der Waals surface area contributed by atoms with Gasteiger partial charge in [-0.15, -0.1) is 0 Å². The molecular weight excluding hydrogens is 356 g/mol. The van der Waals surface area contributed by atoms with Crippen LogP contribution in [0.5, 0.6) is 0 Å². The van der Waals surface area contributed by atoms with Crippen LogP contribution in [0.2, 0.25) is 0 Å². The molecule has 9 nitrogen and oxygen atoms in total. The Morgan fingerprint density at radius 3 is 2.58 bits per heavy atom.